The van der Waals surface area contributed by atoms with Crippen molar-refractivity contribution in [1.82, 2.24) is 5.43 Å². The van der Waals surface area contributed by atoms with Gasteiger partial charge in [0, 0.05) is 5.56 Å². The van der Waals surface area contributed by atoms with Crippen LogP contribution in [0.1, 0.15) is 5.56 Å². The number of nitrogens with zero attached hydrogens (tertiary/aromatic N) is 1. The topological polar surface area (TPSA) is 76.7 Å². The molecule has 0 radical (unpaired) electrons. The van der Waals surface area contributed by atoms with Gasteiger partial charge in [-0.05, 0) is 12.1 Å². The lowest BCUT2D eigenvalue weighted by molar-refractivity contribution is 0.249. The number of hydrazone groups is 1. The average molecular weight is 229 g/mol. The number of benzene rings is 1. The summed E-state index contributed by atoms with van der Waals surface area (Å²) in [6.07, 6.45) is 0.933. The maximum Gasteiger partial charge on any atom is 0.332 e. The molecular weight excluding hydrogens is 220 g/mol. The van der Waals surface area contributed by atoms with E-state index in [1.165, 1.54) is 19.2 Å². The molecule has 0 aliphatic carbocycles. The predicted molar refractivity (Wildman–Crippen MR) is 53.2 cm³/mol. The highest BCUT2D eigenvalue weighted by atomic mass is 19.2. The molecule has 2 amide bonds. The van der Waals surface area contributed by atoms with Crippen LogP contribution in [0.4, 0.5) is 13.6 Å². The number of amides is 2. The standard InChI is InChI=1S/C9H9F2N3O2/c1-16-6-3-2-5(7(10)8(6)11)4-13-14-9(12)15/h2-4H,1H3,(H3,12,14,15). The van der Waals surface area contributed by atoms with Gasteiger partial charge in [0.25, 0.3) is 0 Å². The summed E-state index contributed by atoms with van der Waals surface area (Å²) in [5.74, 6) is -2.45. The van der Waals surface area contributed by atoms with Gasteiger partial charge in [-0.2, -0.15) is 9.49 Å². The van der Waals surface area contributed by atoms with Crippen LogP contribution in [-0.2, 0) is 0 Å². The number of hydrogen-bond donors (Lipinski definition) is 2. The number of rotatable bonds is 3. The summed E-state index contributed by atoms with van der Waals surface area (Å²) < 4.78 is 31.0. The van der Waals surface area contributed by atoms with E-state index in [0.717, 1.165) is 6.21 Å². The minimum absolute atomic E-state index is 0.132. The van der Waals surface area contributed by atoms with E-state index >= 15 is 0 Å². The molecule has 3 N–H and O–H groups in total. The van der Waals surface area contributed by atoms with Crippen LogP contribution in [0.3, 0.4) is 0 Å². The van der Waals surface area contributed by atoms with Gasteiger partial charge in [0.05, 0.1) is 13.3 Å². The van der Waals surface area contributed by atoms with E-state index in [0.29, 0.717) is 0 Å². The number of carbonyl (C=O) groups excluding carboxylic acids is 1. The molecule has 0 heterocycles. The van der Waals surface area contributed by atoms with E-state index < -0.39 is 17.7 Å². The second kappa shape index (κ2) is 5.06. The zero-order valence-corrected chi connectivity index (χ0v) is 8.33. The molecule has 86 valence electrons. The first-order valence-corrected chi connectivity index (χ1v) is 4.16. The van der Waals surface area contributed by atoms with Gasteiger partial charge in [-0.1, -0.05) is 0 Å². The van der Waals surface area contributed by atoms with E-state index in [4.69, 9.17) is 5.73 Å². The van der Waals surface area contributed by atoms with Gasteiger partial charge in [0.1, 0.15) is 0 Å². The average Bonchev–Trinajstić information content (AvgIpc) is 2.24. The minimum atomic E-state index is -1.12. The first kappa shape index (κ1) is 11.9. The molecule has 0 bridgehead atoms. The molecule has 0 spiro atoms. The molecule has 1 aromatic rings. The van der Waals surface area contributed by atoms with Gasteiger partial charge in [0.15, 0.2) is 11.6 Å². The van der Waals surface area contributed by atoms with Crippen molar-refractivity contribution in [3.8, 4) is 5.75 Å². The van der Waals surface area contributed by atoms with Crippen LogP contribution in [0, 0.1) is 11.6 Å². The summed E-state index contributed by atoms with van der Waals surface area (Å²) in [6, 6.07) is 1.60. The summed E-state index contributed by atoms with van der Waals surface area (Å²) in [5, 5.41) is 3.30. The molecule has 0 saturated carbocycles. The number of nitrogens with two attached hydrogens (primary N) is 1. The van der Waals surface area contributed by atoms with Crippen LogP contribution in [0.2, 0.25) is 0 Å². The number of halogens is 2. The van der Waals surface area contributed by atoms with Crippen molar-refractivity contribution in [3.05, 3.63) is 29.3 Å². The van der Waals surface area contributed by atoms with Gasteiger partial charge in [-0.15, -0.1) is 0 Å². The monoisotopic (exact) mass is 229 g/mol. The Labute approximate surface area is 89.9 Å². The van der Waals surface area contributed by atoms with Crippen LogP contribution in [0.5, 0.6) is 5.75 Å². The van der Waals surface area contributed by atoms with Crippen molar-refractivity contribution in [2.24, 2.45) is 10.8 Å². The summed E-state index contributed by atoms with van der Waals surface area (Å²) >= 11 is 0. The maximum absolute atomic E-state index is 13.3. The van der Waals surface area contributed by atoms with Crippen LogP contribution >= 0.6 is 0 Å². The molecule has 0 aromatic heterocycles. The van der Waals surface area contributed by atoms with Crippen LogP contribution < -0.4 is 15.9 Å². The fourth-order valence-corrected chi connectivity index (χ4v) is 0.969. The minimum Gasteiger partial charge on any atom is -0.494 e. The third-order valence-corrected chi connectivity index (χ3v) is 1.68. The normalized spacial score (nSPS) is 10.4. The lowest BCUT2D eigenvalue weighted by Gasteiger charge is -2.03. The molecule has 1 aromatic carbocycles. The Kier molecular flexibility index (Phi) is 3.76. The third kappa shape index (κ3) is 2.66. The molecule has 0 unspecified atom stereocenters. The van der Waals surface area contributed by atoms with E-state index in [2.05, 4.69) is 9.84 Å². The molecular formula is C9H9F2N3O2. The molecule has 0 fully saturated rings. The van der Waals surface area contributed by atoms with Crippen molar-refractivity contribution >= 4 is 12.2 Å². The number of urea groups is 1. The molecule has 7 heteroatoms. The predicted octanol–water partition coefficient (Wildman–Crippen LogP) is 0.976. The molecule has 0 saturated heterocycles. The molecule has 16 heavy (non-hydrogen) atoms. The number of hydrogen-bond acceptors (Lipinski definition) is 3. The number of nitrogens with one attached hydrogen (secondary N) is 1. The van der Waals surface area contributed by atoms with Gasteiger partial charge >= 0.3 is 6.03 Å². The van der Waals surface area contributed by atoms with Gasteiger partial charge in [0.2, 0.25) is 5.82 Å². The number of carbonyl (C=O) groups is 1. The molecule has 1 rings (SSSR count). The fraction of sp³-hybridized carbons (Fsp3) is 0.111. The zero-order valence-electron chi connectivity index (χ0n) is 8.33. The van der Waals surface area contributed by atoms with Crippen molar-refractivity contribution in [2.75, 3.05) is 7.11 Å². The lowest BCUT2D eigenvalue weighted by atomic mass is 10.2. The first-order valence-electron chi connectivity index (χ1n) is 4.16. The van der Waals surface area contributed by atoms with E-state index in [1.54, 1.807) is 0 Å². The quantitative estimate of drug-likeness (QED) is 0.598. The van der Waals surface area contributed by atoms with Gasteiger partial charge < -0.3 is 10.5 Å². The Morgan fingerprint density at radius 2 is 2.19 bits per heavy atom. The van der Waals surface area contributed by atoms with Crippen molar-refractivity contribution in [2.45, 2.75) is 0 Å². The Bertz CT molecular complexity index is 435. The Balaban J connectivity index is 2.94. The van der Waals surface area contributed by atoms with Crippen molar-refractivity contribution < 1.29 is 18.3 Å². The second-order valence-electron chi connectivity index (χ2n) is 2.72. The second-order valence-corrected chi connectivity index (χ2v) is 2.72. The summed E-state index contributed by atoms with van der Waals surface area (Å²) in [6.45, 7) is 0. The highest BCUT2D eigenvalue weighted by molar-refractivity contribution is 5.82. The van der Waals surface area contributed by atoms with Crippen molar-refractivity contribution in [3.63, 3.8) is 0 Å². The zero-order chi connectivity index (χ0) is 12.1. The highest BCUT2D eigenvalue weighted by Crippen LogP contribution is 2.21. The Hall–Kier alpha value is -2.18. The van der Waals surface area contributed by atoms with E-state index in [-0.39, 0.29) is 11.3 Å². The maximum atomic E-state index is 13.3. The van der Waals surface area contributed by atoms with E-state index in [1.807, 2.05) is 5.43 Å². The van der Waals surface area contributed by atoms with E-state index in [9.17, 15) is 13.6 Å². The van der Waals surface area contributed by atoms with Gasteiger partial charge in [-0.3, -0.25) is 0 Å². The number of primary amides is 1. The SMILES string of the molecule is COc1ccc(C=NNC(N)=O)c(F)c1F. The Morgan fingerprint density at radius 1 is 1.50 bits per heavy atom. The number of methoxy groups -OCH3 is 1. The Morgan fingerprint density at radius 3 is 2.75 bits per heavy atom. The lowest BCUT2D eigenvalue weighted by Crippen LogP contribution is -2.24. The summed E-state index contributed by atoms with van der Waals surface area (Å²) in [4.78, 5) is 10.3. The van der Waals surface area contributed by atoms with Crippen LogP contribution in [-0.4, -0.2) is 19.4 Å². The smallest absolute Gasteiger partial charge is 0.332 e. The van der Waals surface area contributed by atoms with Crippen LogP contribution in [0.25, 0.3) is 0 Å². The number of ether oxygens (including phenoxy) is 1. The fourth-order valence-electron chi connectivity index (χ4n) is 0.969. The largest absolute Gasteiger partial charge is 0.494 e. The van der Waals surface area contributed by atoms with Crippen LogP contribution in [0.15, 0.2) is 17.2 Å². The first-order chi connectivity index (χ1) is 7.56. The molecule has 5 nitrogen and oxygen atoms in total. The molecule has 0 aliphatic heterocycles. The summed E-state index contributed by atoms with van der Waals surface area (Å²) in [7, 11) is 1.22. The third-order valence-electron chi connectivity index (χ3n) is 1.68. The highest BCUT2D eigenvalue weighted by Gasteiger charge is 2.12. The molecule has 0 aliphatic rings. The van der Waals surface area contributed by atoms with Crippen molar-refractivity contribution in [1.29, 1.82) is 0 Å². The van der Waals surface area contributed by atoms with Gasteiger partial charge in [-0.25, -0.2) is 14.6 Å². The molecule has 0 atom stereocenters. The summed E-state index contributed by atoms with van der Waals surface area (Å²) in [5.41, 5.74) is 6.44.